The lowest BCUT2D eigenvalue weighted by Crippen LogP contribution is -2.34. The van der Waals surface area contributed by atoms with Crippen LogP contribution in [-0.2, 0) is 22.6 Å². The van der Waals surface area contributed by atoms with Gasteiger partial charge in [0.15, 0.2) is 0 Å². The van der Waals surface area contributed by atoms with E-state index in [1.165, 1.54) is 0 Å². The molecule has 1 fully saturated rings. The molecule has 1 N–H and O–H groups in total. The average Bonchev–Trinajstić information content (AvgIpc) is 2.76. The Morgan fingerprint density at radius 1 is 1.55 bits per heavy atom. The molecule has 1 aliphatic heterocycles. The first-order valence-corrected chi connectivity index (χ1v) is 7.71. The van der Waals surface area contributed by atoms with Gasteiger partial charge in [0.2, 0.25) is 0 Å². The van der Waals surface area contributed by atoms with Gasteiger partial charge in [-0.25, -0.2) is 0 Å². The Labute approximate surface area is 131 Å². The Morgan fingerprint density at radius 3 is 3.09 bits per heavy atom. The second kappa shape index (κ2) is 8.26. The number of carboxylic acid groups (broad SMARTS) is 1. The maximum Gasteiger partial charge on any atom is 0.305 e. The van der Waals surface area contributed by atoms with E-state index < -0.39 is 5.97 Å². The van der Waals surface area contributed by atoms with Crippen LogP contribution in [0.1, 0.15) is 12.0 Å². The molecule has 1 aliphatic rings. The summed E-state index contributed by atoms with van der Waals surface area (Å²) in [4.78, 5) is 15.2. The lowest BCUT2D eigenvalue weighted by molar-refractivity contribution is -0.137. The van der Waals surface area contributed by atoms with E-state index in [2.05, 4.69) is 29.0 Å². The second-order valence-electron chi connectivity index (χ2n) is 6.19. The summed E-state index contributed by atoms with van der Waals surface area (Å²) in [6, 6.07) is 0. The highest BCUT2D eigenvalue weighted by Crippen LogP contribution is 2.12. The van der Waals surface area contributed by atoms with Crippen molar-refractivity contribution in [2.24, 2.45) is 5.92 Å². The van der Waals surface area contributed by atoms with Crippen LogP contribution in [0.4, 0.5) is 0 Å². The van der Waals surface area contributed by atoms with Crippen molar-refractivity contribution in [3.63, 3.8) is 0 Å². The van der Waals surface area contributed by atoms with Crippen LogP contribution < -0.4 is 0 Å². The summed E-state index contributed by atoms with van der Waals surface area (Å²) in [6.45, 7) is 5.78. The minimum atomic E-state index is -0.798. The molecule has 0 bridgehead atoms. The summed E-state index contributed by atoms with van der Waals surface area (Å²) >= 11 is 0. The number of nitrogens with zero attached hydrogens (tertiary/aromatic N) is 4. The first kappa shape index (κ1) is 16.9. The number of ether oxygens (including phenoxy) is 1. The molecule has 1 saturated heterocycles. The van der Waals surface area contributed by atoms with E-state index in [-0.39, 0.29) is 6.42 Å². The van der Waals surface area contributed by atoms with Crippen LogP contribution in [0.15, 0.2) is 12.4 Å². The van der Waals surface area contributed by atoms with Gasteiger partial charge in [0.1, 0.15) is 0 Å². The van der Waals surface area contributed by atoms with Crippen LogP contribution in [0, 0.1) is 5.92 Å². The van der Waals surface area contributed by atoms with Crippen molar-refractivity contribution in [2.75, 3.05) is 46.9 Å². The van der Waals surface area contributed by atoms with E-state index in [0.29, 0.717) is 12.5 Å². The van der Waals surface area contributed by atoms with Crippen molar-refractivity contribution in [3.8, 4) is 0 Å². The van der Waals surface area contributed by atoms with E-state index in [0.717, 1.165) is 45.0 Å². The van der Waals surface area contributed by atoms with Crippen molar-refractivity contribution in [1.29, 1.82) is 0 Å². The molecule has 0 radical (unpaired) electrons. The predicted molar refractivity (Wildman–Crippen MR) is 82.6 cm³/mol. The van der Waals surface area contributed by atoms with E-state index >= 15 is 0 Å². The van der Waals surface area contributed by atoms with Gasteiger partial charge in [0.25, 0.3) is 0 Å². The third-order valence-electron chi connectivity index (χ3n) is 3.69. The molecule has 1 aromatic rings. The van der Waals surface area contributed by atoms with Crippen LogP contribution in [0.25, 0.3) is 0 Å². The van der Waals surface area contributed by atoms with Gasteiger partial charge in [-0.2, -0.15) is 5.10 Å². The molecule has 0 amide bonds. The Morgan fingerprint density at radius 2 is 2.36 bits per heavy atom. The molecule has 0 spiro atoms. The van der Waals surface area contributed by atoms with Gasteiger partial charge in [-0.15, -0.1) is 0 Å². The third-order valence-corrected chi connectivity index (χ3v) is 3.69. The largest absolute Gasteiger partial charge is 0.481 e. The van der Waals surface area contributed by atoms with Gasteiger partial charge in [-0.1, -0.05) is 0 Å². The molecule has 22 heavy (non-hydrogen) atoms. The smallest absolute Gasteiger partial charge is 0.305 e. The van der Waals surface area contributed by atoms with Crippen LogP contribution in [0.5, 0.6) is 0 Å². The molecule has 0 aromatic carbocycles. The third kappa shape index (κ3) is 5.75. The zero-order chi connectivity index (χ0) is 15.9. The molecule has 0 unspecified atom stereocenters. The van der Waals surface area contributed by atoms with Gasteiger partial charge in [-0.05, 0) is 14.1 Å². The number of hydrogen-bond acceptors (Lipinski definition) is 5. The van der Waals surface area contributed by atoms with Crippen molar-refractivity contribution in [3.05, 3.63) is 18.0 Å². The minimum absolute atomic E-state index is 0.101. The van der Waals surface area contributed by atoms with Gasteiger partial charge < -0.3 is 14.7 Å². The number of aryl methyl sites for hydroxylation is 1. The summed E-state index contributed by atoms with van der Waals surface area (Å²) in [7, 11) is 4.17. The normalized spacial score (nSPS) is 20.2. The fraction of sp³-hybridized carbons (Fsp3) is 0.733. The summed E-state index contributed by atoms with van der Waals surface area (Å²) < 4.78 is 7.40. The second-order valence-corrected chi connectivity index (χ2v) is 6.19. The molecule has 2 rings (SSSR count). The van der Waals surface area contributed by atoms with Crippen molar-refractivity contribution < 1.29 is 14.6 Å². The number of carboxylic acids is 1. The molecule has 7 nitrogen and oxygen atoms in total. The summed E-state index contributed by atoms with van der Waals surface area (Å²) in [6.07, 6.45) is 3.87. The maximum atomic E-state index is 10.6. The topological polar surface area (TPSA) is 70.8 Å². The van der Waals surface area contributed by atoms with Gasteiger partial charge >= 0.3 is 5.97 Å². The first-order chi connectivity index (χ1) is 10.5. The fourth-order valence-corrected chi connectivity index (χ4v) is 2.80. The summed E-state index contributed by atoms with van der Waals surface area (Å²) in [5, 5.41) is 12.9. The molecule has 124 valence electrons. The fourth-order valence-electron chi connectivity index (χ4n) is 2.80. The van der Waals surface area contributed by atoms with E-state index in [1.54, 1.807) is 4.68 Å². The highest BCUT2D eigenvalue weighted by Gasteiger charge is 2.19. The Kier molecular flexibility index (Phi) is 6.35. The molecular formula is C15H26N4O3. The monoisotopic (exact) mass is 310 g/mol. The lowest BCUT2D eigenvalue weighted by atomic mass is 10.1. The van der Waals surface area contributed by atoms with Crippen molar-refractivity contribution in [2.45, 2.75) is 19.5 Å². The number of aliphatic carboxylic acids is 1. The highest BCUT2D eigenvalue weighted by atomic mass is 16.5. The summed E-state index contributed by atoms with van der Waals surface area (Å²) in [5.41, 5.74) is 1.12. The van der Waals surface area contributed by atoms with E-state index in [4.69, 9.17) is 9.84 Å². The van der Waals surface area contributed by atoms with E-state index in [1.807, 2.05) is 12.4 Å². The Hall–Kier alpha value is -1.44. The van der Waals surface area contributed by atoms with Crippen molar-refractivity contribution in [1.82, 2.24) is 19.6 Å². The van der Waals surface area contributed by atoms with Crippen LogP contribution in [0.2, 0.25) is 0 Å². The van der Waals surface area contributed by atoms with E-state index in [9.17, 15) is 4.79 Å². The summed E-state index contributed by atoms with van der Waals surface area (Å²) in [5.74, 6) is -0.284. The van der Waals surface area contributed by atoms with Crippen molar-refractivity contribution >= 4 is 5.97 Å². The number of aromatic nitrogens is 2. The van der Waals surface area contributed by atoms with Crippen LogP contribution >= 0.6 is 0 Å². The predicted octanol–water partition coefficient (Wildman–Crippen LogP) is 0.368. The molecule has 0 aliphatic carbocycles. The maximum absolute atomic E-state index is 10.6. The van der Waals surface area contributed by atoms with Gasteiger partial charge in [-0.3, -0.25) is 14.4 Å². The Bertz CT molecular complexity index is 475. The van der Waals surface area contributed by atoms with Gasteiger partial charge in [0.05, 0.1) is 32.4 Å². The zero-order valence-electron chi connectivity index (χ0n) is 13.4. The Balaban J connectivity index is 1.87. The molecule has 1 aromatic heterocycles. The quantitative estimate of drug-likeness (QED) is 0.784. The number of carbonyl (C=O) groups is 1. The molecule has 0 saturated carbocycles. The standard InChI is InChI=1S/C15H26N4O3/c1-17(2)8-14-10-18(5-6-22-12-14)9-13-7-16-19(11-13)4-3-15(20)21/h7,11,14H,3-6,8-10,12H2,1-2H3,(H,20,21)/t14-/m0/s1. The molecule has 7 heteroatoms. The van der Waals surface area contributed by atoms with Crippen LogP contribution in [-0.4, -0.2) is 77.6 Å². The number of hydrogen-bond donors (Lipinski definition) is 1. The average molecular weight is 310 g/mol. The highest BCUT2D eigenvalue weighted by molar-refractivity contribution is 5.66. The molecule has 2 heterocycles. The number of rotatable bonds is 7. The molecule has 1 atom stereocenters. The minimum Gasteiger partial charge on any atom is -0.481 e. The zero-order valence-corrected chi connectivity index (χ0v) is 13.4. The van der Waals surface area contributed by atoms with Gasteiger partial charge in [0, 0.05) is 43.9 Å². The first-order valence-electron chi connectivity index (χ1n) is 7.71. The van der Waals surface area contributed by atoms with Crippen LogP contribution in [0.3, 0.4) is 0 Å². The lowest BCUT2D eigenvalue weighted by Gasteiger charge is -2.24. The molecular weight excluding hydrogens is 284 g/mol. The SMILES string of the molecule is CN(C)C[C@@H]1COCCN(Cc2cnn(CCC(=O)O)c2)C1.